The predicted octanol–water partition coefficient (Wildman–Crippen LogP) is 3.66. The molecule has 6 rings (SSSR count). The SMILES string of the molecule is Cc1cccc(-n2c(N3CCCC3)nc3cccc(Cl)c3c2=O)c1.O=c1[nH]cnc2ncncc12. The summed E-state index contributed by atoms with van der Waals surface area (Å²) >= 11 is 6.30. The van der Waals surface area contributed by atoms with Gasteiger partial charge in [-0.25, -0.2) is 24.5 Å². The van der Waals surface area contributed by atoms with Gasteiger partial charge in [0.25, 0.3) is 11.1 Å². The van der Waals surface area contributed by atoms with Crippen molar-refractivity contribution in [3.8, 4) is 5.69 Å². The minimum atomic E-state index is -0.212. The second-order valence-corrected chi connectivity index (χ2v) is 8.62. The van der Waals surface area contributed by atoms with Gasteiger partial charge in [-0.2, -0.15) is 0 Å². The number of fused-ring (bicyclic) bond motifs is 2. The fraction of sp³-hybridized carbons (Fsp3) is 0.200. The number of nitrogens with zero attached hydrogens (tertiary/aromatic N) is 6. The summed E-state index contributed by atoms with van der Waals surface area (Å²) < 4.78 is 1.70. The fourth-order valence-electron chi connectivity index (χ4n) is 4.12. The molecule has 0 saturated carbocycles. The molecule has 10 heteroatoms. The van der Waals surface area contributed by atoms with Gasteiger partial charge < -0.3 is 9.88 Å². The number of rotatable bonds is 2. The molecular weight excluding hydrogens is 466 g/mol. The van der Waals surface area contributed by atoms with E-state index in [1.165, 1.54) is 18.9 Å². The van der Waals surface area contributed by atoms with Crippen molar-refractivity contribution >= 4 is 39.5 Å². The van der Waals surface area contributed by atoms with Crippen LogP contribution in [0.4, 0.5) is 5.95 Å². The number of aromatic nitrogens is 6. The molecule has 9 nitrogen and oxygen atoms in total. The highest BCUT2D eigenvalue weighted by Gasteiger charge is 2.22. The first-order chi connectivity index (χ1) is 17.0. The first-order valence-electron chi connectivity index (χ1n) is 11.2. The lowest BCUT2D eigenvalue weighted by atomic mass is 10.2. The van der Waals surface area contributed by atoms with Gasteiger partial charge in [0, 0.05) is 19.3 Å². The molecule has 1 fully saturated rings. The van der Waals surface area contributed by atoms with Crippen LogP contribution in [0.5, 0.6) is 0 Å². The molecule has 2 aromatic carbocycles. The maximum Gasteiger partial charge on any atom is 0.268 e. The van der Waals surface area contributed by atoms with Crippen molar-refractivity contribution in [3.05, 3.63) is 92.6 Å². The Bertz CT molecular complexity index is 1640. The molecule has 176 valence electrons. The van der Waals surface area contributed by atoms with Gasteiger partial charge in [0.2, 0.25) is 5.95 Å². The third kappa shape index (κ3) is 4.50. The Morgan fingerprint density at radius 1 is 1.03 bits per heavy atom. The highest BCUT2D eigenvalue weighted by molar-refractivity contribution is 6.35. The van der Waals surface area contributed by atoms with Gasteiger partial charge in [0.05, 0.1) is 27.9 Å². The van der Waals surface area contributed by atoms with Crippen LogP contribution in [0.25, 0.3) is 27.6 Å². The first-order valence-corrected chi connectivity index (χ1v) is 11.6. The highest BCUT2D eigenvalue weighted by Crippen LogP contribution is 2.26. The Morgan fingerprint density at radius 3 is 2.60 bits per heavy atom. The lowest BCUT2D eigenvalue weighted by Crippen LogP contribution is -2.30. The van der Waals surface area contributed by atoms with Crippen molar-refractivity contribution in [3.63, 3.8) is 0 Å². The van der Waals surface area contributed by atoms with E-state index in [1.807, 2.05) is 43.3 Å². The summed E-state index contributed by atoms with van der Waals surface area (Å²) in [7, 11) is 0. The van der Waals surface area contributed by atoms with Gasteiger partial charge in [0.15, 0.2) is 5.65 Å². The largest absolute Gasteiger partial charge is 0.342 e. The maximum absolute atomic E-state index is 13.3. The fourth-order valence-corrected chi connectivity index (χ4v) is 4.37. The Labute approximate surface area is 205 Å². The summed E-state index contributed by atoms with van der Waals surface area (Å²) in [4.78, 5) is 45.0. The molecule has 0 amide bonds. The normalized spacial score (nSPS) is 13.1. The molecule has 5 aromatic rings. The number of hydrogen-bond donors (Lipinski definition) is 1. The summed E-state index contributed by atoms with van der Waals surface area (Å²) in [6.07, 6.45) is 6.36. The van der Waals surface area contributed by atoms with Gasteiger partial charge >= 0.3 is 0 Å². The summed E-state index contributed by atoms with van der Waals surface area (Å²) in [6, 6.07) is 13.4. The van der Waals surface area contributed by atoms with Gasteiger partial charge in [-0.15, -0.1) is 0 Å². The monoisotopic (exact) mass is 487 g/mol. The zero-order chi connectivity index (χ0) is 24.4. The molecule has 1 aliphatic heterocycles. The molecular formula is C25H22ClN7O2. The van der Waals surface area contributed by atoms with Crippen LogP contribution in [0.3, 0.4) is 0 Å². The van der Waals surface area contributed by atoms with Gasteiger partial charge in [-0.1, -0.05) is 29.8 Å². The van der Waals surface area contributed by atoms with E-state index in [2.05, 4.69) is 24.8 Å². The second kappa shape index (κ2) is 9.63. The summed E-state index contributed by atoms with van der Waals surface area (Å²) in [5.41, 5.74) is 2.68. The molecule has 4 heterocycles. The predicted molar refractivity (Wildman–Crippen MR) is 136 cm³/mol. The van der Waals surface area contributed by atoms with E-state index in [0.29, 0.717) is 32.9 Å². The Hall–Kier alpha value is -4.11. The zero-order valence-electron chi connectivity index (χ0n) is 19.0. The molecule has 0 bridgehead atoms. The number of aromatic amines is 1. The maximum atomic E-state index is 13.3. The molecule has 0 atom stereocenters. The molecule has 1 saturated heterocycles. The third-order valence-corrected chi connectivity index (χ3v) is 6.11. The number of aryl methyl sites for hydroxylation is 1. The minimum Gasteiger partial charge on any atom is -0.342 e. The average molecular weight is 488 g/mol. The Morgan fingerprint density at radius 2 is 1.83 bits per heavy atom. The molecule has 35 heavy (non-hydrogen) atoms. The van der Waals surface area contributed by atoms with Crippen molar-refractivity contribution in [2.24, 2.45) is 0 Å². The number of hydrogen-bond acceptors (Lipinski definition) is 7. The topological polar surface area (TPSA) is 110 Å². The van der Waals surface area contributed by atoms with E-state index >= 15 is 0 Å². The number of H-pyrrole nitrogens is 1. The van der Waals surface area contributed by atoms with E-state index in [9.17, 15) is 9.59 Å². The van der Waals surface area contributed by atoms with E-state index in [4.69, 9.17) is 16.6 Å². The highest BCUT2D eigenvalue weighted by atomic mass is 35.5. The van der Waals surface area contributed by atoms with Crippen molar-refractivity contribution in [2.75, 3.05) is 18.0 Å². The van der Waals surface area contributed by atoms with Crippen LogP contribution >= 0.6 is 11.6 Å². The van der Waals surface area contributed by atoms with Crippen LogP contribution in [0.2, 0.25) is 5.02 Å². The summed E-state index contributed by atoms with van der Waals surface area (Å²) in [5, 5.41) is 1.33. The Balaban J connectivity index is 0.000000192. The lowest BCUT2D eigenvalue weighted by molar-refractivity contribution is 0.840. The van der Waals surface area contributed by atoms with Crippen molar-refractivity contribution in [1.82, 2.24) is 29.5 Å². The number of nitrogens with one attached hydrogen (secondary N) is 1. The average Bonchev–Trinajstić information content (AvgIpc) is 3.40. The standard InChI is InChI=1S/C19H18ClN3O.C6H4N4O/c1-13-6-4-7-14(12-13)23-18(24)17-15(20)8-5-9-16(17)21-19(23)22-10-2-3-11-22;11-6-4-1-7-2-8-5(4)9-3-10-6/h4-9,12H,2-3,10-11H2,1H3;1-3H,(H,7,8,9,10,11). The van der Waals surface area contributed by atoms with Crippen molar-refractivity contribution in [1.29, 1.82) is 0 Å². The van der Waals surface area contributed by atoms with E-state index in [1.54, 1.807) is 10.6 Å². The smallest absolute Gasteiger partial charge is 0.268 e. The molecule has 1 aliphatic rings. The van der Waals surface area contributed by atoms with Crippen LogP contribution in [0.1, 0.15) is 18.4 Å². The number of halogens is 1. The second-order valence-electron chi connectivity index (χ2n) is 8.21. The zero-order valence-corrected chi connectivity index (χ0v) is 19.7. The third-order valence-electron chi connectivity index (χ3n) is 5.80. The van der Waals surface area contributed by atoms with Gasteiger partial charge in [0.1, 0.15) is 11.7 Å². The quantitative estimate of drug-likeness (QED) is 0.404. The van der Waals surface area contributed by atoms with Crippen LogP contribution in [0.15, 0.2) is 70.9 Å². The van der Waals surface area contributed by atoms with Gasteiger partial charge in [-0.05, 0) is 49.6 Å². The Kier molecular flexibility index (Phi) is 6.24. The van der Waals surface area contributed by atoms with Crippen LogP contribution in [0, 0.1) is 6.92 Å². The molecule has 0 spiro atoms. The summed E-state index contributed by atoms with van der Waals surface area (Å²) in [6.45, 7) is 3.86. The van der Waals surface area contributed by atoms with E-state index in [0.717, 1.165) is 37.2 Å². The van der Waals surface area contributed by atoms with Crippen LogP contribution in [-0.4, -0.2) is 42.6 Å². The van der Waals surface area contributed by atoms with Gasteiger partial charge in [-0.3, -0.25) is 9.59 Å². The number of benzene rings is 2. The summed E-state index contributed by atoms with van der Waals surface area (Å²) in [5.74, 6) is 0.706. The number of anilines is 1. The molecule has 3 aromatic heterocycles. The van der Waals surface area contributed by atoms with Crippen molar-refractivity contribution < 1.29 is 0 Å². The van der Waals surface area contributed by atoms with E-state index in [-0.39, 0.29) is 11.1 Å². The molecule has 0 unspecified atom stereocenters. The van der Waals surface area contributed by atoms with Crippen LogP contribution < -0.4 is 16.0 Å². The molecule has 0 aliphatic carbocycles. The minimum absolute atomic E-state index is 0.113. The lowest BCUT2D eigenvalue weighted by Gasteiger charge is -2.22. The van der Waals surface area contributed by atoms with Crippen molar-refractivity contribution in [2.45, 2.75) is 19.8 Å². The molecule has 1 N–H and O–H groups in total. The molecule has 0 radical (unpaired) electrons. The first kappa shape index (κ1) is 22.7. The van der Waals surface area contributed by atoms with E-state index < -0.39 is 0 Å². The van der Waals surface area contributed by atoms with Crippen LogP contribution in [-0.2, 0) is 0 Å².